The lowest BCUT2D eigenvalue weighted by atomic mass is 9.94. The molecule has 176 valence electrons. The number of carbonyl (C=O) groups excluding carboxylic acids is 1. The number of amides is 1. The highest BCUT2D eigenvalue weighted by atomic mass is 16.5. The summed E-state index contributed by atoms with van der Waals surface area (Å²) >= 11 is 0. The second kappa shape index (κ2) is 8.49. The van der Waals surface area contributed by atoms with Gasteiger partial charge in [-0.1, -0.05) is 37.5 Å². The van der Waals surface area contributed by atoms with E-state index in [9.17, 15) is 4.79 Å². The fourth-order valence-corrected chi connectivity index (χ4v) is 6.09. The van der Waals surface area contributed by atoms with Crippen LogP contribution in [0.5, 0.6) is 0 Å². The number of nitrogens with one attached hydrogen (secondary N) is 1. The lowest BCUT2D eigenvalue weighted by Crippen LogP contribution is -2.42. The summed E-state index contributed by atoms with van der Waals surface area (Å²) in [6.07, 6.45) is 8.58. The zero-order chi connectivity index (χ0) is 23.2. The van der Waals surface area contributed by atoms with Crippen molar-refractivity contribution in [2.24, 2.45) is 0 Å². The maximum atomic E-state index is 12.6. The Labute approximate surface area is 199 Å². The van der Waals surface area contributed by atoms with Crippen LogP contribution in [-0.4, -0.2) is 33.8 Å². The molecule has 2 aromatic heterocycles. The number of carbonyl (C=O) groups is 1. The van der Waals surface area contributed by atoms with E-state index in [1.165, 1.54) is 61.4 Å². The van der Waals surface area contributed by atoms with Gasteiger partial charge < -0.3 is 14.3 Å². The highest BCUT2D eigenvalue weighted by Gasteiger charge is 2.32. The van der Waals surface area contributed by atoms with E-state index in [-0.39, 0.29) is 12.1 Å². The van der Waals surface area contributed by atoms with E-state index in [4.69, 9.17) is 9.72 Å². The summed E-state index contributed by atoms with van der Waals surface area (Å²) in [5.41, 5.74) is 6.73. The summed E-state index contributed by atoms with van der Waals surface area (Å²) in [5, 5.41) is 1.23. The molecule has 1 fully saturated rings. The third-order valence-corrected chi connectivity index (χ3v) is 7.77. The third-order valence-electron chi connectivity index (χ3n) is 7.77. The molecule has 2 aromatic carbocycles. The maximum Gasteiger partial charge on any atom is 0.414 e. The molecule has 0 radical (unpaired) electrons. The number of hydrogen-bond donors (Lipinski definition) is 1. The van der Waals surface area contributed by atoms with Gasteiger partial charge in [0.25, 0.3) is 0 Å². The number of aromatic amines is 1. The fraction of sp³-hybridized carbons (Fsp3) is 0.429. The Bertz CT molecular complexity index is 1330. The molecule has 1 amide bonds. The van der Waals surface area contributed by atoms with Crippen LogP contribution in [0.25, 0.3) is 21.9 Å². The molecule has 0 saturated heterocycles. The van der Waals surface area contributed by atoms with Gasteiger partial charge in [0.1, 0.15) is 5.82 Å². The molecular weight excluding hydrogens is 424 g/mol. The molecule has 0 unspecified atom stereocenters. The molecule has 1 aliphatic heterocycles. The van der Waals surface area contributed by atoms with Crippen molar-refractivity contribution in [3.8, 4) is 0 Å². The van der Waals surface area contributed by atoms with E-state index in [1.807, 2.05) is 0 Å². The summed E-state index contributed by atoms with van der Waals surface area (Å²) in [6, 6.07) is 15.6. The highest BCUT2D eigenvalue weighted by Crippen LogP contribution is 2.39. The smallest absolute Gasteiger partial charge is 0.414 e. The van der Waals surface area contributed by atoms with Gasteiger partial charge in [0.05, 0.1) is 23.8 Å². The number of rotatable bonds is 3. The zero-order valence-corrected chi connectivity index (χ0v) is 20.0. The minimum Gasteiger partial charge on any atom is -0.452 e. The van der Waals surface area contributed by atoms with Crippen LogP contribution in [0.1, 0.15) is 68.6 Å². The van der Waals surface area contributed by atoms with Crippen LogP contribution in [0, 0.1) is 0 Å². The number of imidazole rings is 1. The number of fused-ring (bicyclic) bond motifs is 4. The molecule has 1 aliphatic carbocycles. The van der Waals surface area contributed by atoms with Crippen LogP contribution in [0.4, 0.5) is 10.5 Å². The highest BCUT2D eigenvalue weighted by molar-refractivity contribution is 5.95. The molecule has 1 N–H and O–H groups in total. The van der Waals surface area contributed by atoms with Crippen molar-refractivity contribution in [1.29, 1.82) is 0 Å². The first-order valence-electron chi connectivity index (χ1n) is 12.6. The predicted octanol–water partition coefficient (Wildman–Crippen LogP) is 6.52. The van der Waals surface area contributed by atoms with Crippen LogP contribution in [0.15, 0.2) is 42.5 Å². The Morgan fingerprint density at radius 3 is 2.74 bits per heavy atom. The number of aromatic nitrogens is 3. The molecule has 1 saturated carbocycles. The van der Waals surface area contributed by atoms with E-state index in [2.05, 4.69) is 58.9 Å². The number of nitrogens with zero attached hydrogens (tertiary/aromatic N) is 3. The Hall–Kier alpha value is -3.28. The van der Waals surface area contributed by atoms with Gasteiger partial charge in [0.2, 0.25) is 0 Å². The lowest BCUT2D eigenvalue weighted by Gasteiger charge is -2.34. The van der Waals surface area contributed by atoms with Crippen molar-refractivity contribution in [3.63, 3.8) is 0 Å². The maximum absolute atomic E-state index is 12.6. The molecule has 34 heavy (non-hydrogen) atoms. The molecule has 6 heteroatoms. The Morgan fingerprint density at radius 1 is 1.12 bits per heavy atom. The molecule has 6 rings (SSSR count). The van der Waals surface area contributed by atoms with Crippen molar-refractivity contribution < 1.29 is 9.53 Å². The van der Waals surface area contributed by atoms with E-state index in [1.54, 1.807) is 4.90 Å². The van der Waals surface area contributed by atoms with Crippen molar-refractivity contribution in [1.82, 2.24) is 14.5 Å². The summed E-state index contributed by atoms with van der Waals surface area (Å²) in [5.74, 6) is 1.12. The van der Waals surface area contributed by atoms with Gasteiger partial charge in [-0.3, -0.25) is 4.90 Å². The molecule has 0 bridgehead atoms. The molecule has 6 nitrogen and oxygen atoms in total. The van der Waals surface area contributed by atoms with Crippen LogP contribution >= 0.6 is 0 Å². The minimum atomic E-state index is -0.294. The number of ether oxygens (including phenoxy) is 1. The average molecular weight is 457 g/mol. The first-order valence-corrected chi connectivity index (χ1v) is 12.6. The summed E-state index contributed by atoms with van der Waals surface area (Å²) in [7, 11) is 1.46. The number of aryl methyl sites for hydroxylation is 1. The number of methoxy groups -OCH3 is 1. The van der Waals surface area contributed by atoms with Gasteiger partial charge in [-0.15, -0.1) is 0 Å². The van der Waals surface area contributed by atoms with Gasteiger partial charge in [-0.25, -0.2) is 9.78 Å². The Morgan fingerprint density at radius 2 is 1.94 bits per heavy atom. The zero-order valence-electron chi connectivity index (χ0n) is 20.0. The van der Waals surface area contributed by atoms with Gasteiger partial charge in [0, 0.05) is 35.3 Å². The number of anilines is 1. The summed E-state index contributed by atoms with van der Waals surface area (Å²) in [6.45, 7) is 2.09. The molecule has 0 spiro atoms. The molecule has 3 heterocycles. The predicted molar refractivity (Wildman–Crippen MR) is 136 cm³/mol. The molecule has 1 atom stereocenters. The Balaban J connectivity index is 1.49. The second-order valence-electron chi connectivity index (χ2n) is 9.91. The molecule has 2 aliphatic rings. The minimum absolute atomic E-state index is 0.114. The van der Waals surface area contributed by atoms with Gasteiger partial charge >= 0.3 is 6.09 Å². The Kier molecular flexibility index (Phi) is 5.31. The van der Waals surface area contributed by atoms with E-state index >= 15 is 0 Å². The SMILES string of the molecule is COC(=O)N1c2ccc3c(nc(Cc4cc5ccccc5[nH]4)n3C3CCCCC3)c2CC[C@@H]1C. The van der Waals surface area contributed by atoms with E-state index < -0.39 is 0 Å². The van der Waals surface area contributed by atoms with Gasteiger partial charge in [0.15, 0.2) is 0 Å². The number of hydrogen-bond acceptors (Lipinski definition) is 3. The summed E-state index contributed by atoms with van der Waals surface area (Å²) < 4.78 is 7.63. The monoisotopic (exact) mass is 456 g/mol. The van der Waals surface area contributed by atoms with Crippen LogP contribution in [0.2, 0.25) is 0 Å². The van der Waals surface area contributed by atoms with E-state index in [0.717, 1.165) is 41.8 Å². The van der Waals surface area contributed by atoms with Crippen LogP contribution in [-0.2, 0) is 17.6 Å². The van der Waals surface area contributed by atoms with Crippen molar-refractivity contribution in [2.75, 3.05) is 12.0 Å². The van der Waals surface area contributed by atoms with Crippen molar-refractivity contribution in [2.45, 2.75) is 70.4 Å². The first-order chi connectivity index (χ1) is 16.6. The van der Waals surface area contributed by atoms with Crippen molar-refractivity contribution >= 4 is 33.7 Å². The largest absolute Gasteiger partial charge is 0.452 e. The lowest BCUT2D eigenvalue weighted by molar-refractivity contribution is 0.175. The summed E-state index contributed by atoms with van der Waals surface area (Å²) in [4.78, 5) is 23.3. The molecular formula is C28H32N4O2. The van der Waals surface area contributed by atoms with Crippen LogP contribution in [0.3, 0.4) is 0 Å². The second-order valence-corrected chi connectivity index (χ2v) is 9.91. The quantitative estimate of drug-likeness (QED) is 0.382. The van der Waals surface area contributed by atoms with Gasteiger partial charge in [-0.05, 0) is 62.3 Å². The average Bonchev–Trinajstić information content (AvgIpc) is 3.44. The third kappa shape index (κ3) is 3.47. The number of para-hydroxylation sites is 1. The standard InChI is InChI=1S/C28H32N4O2/c1-18-12-13-22-24(31(18)28(33)34-2)14-15-25-27(22)30-26(32(25)21-9-4-3-5-10-21)17-20-16-19-8-6-7-11-23(19)29-20/h6-8,11,14-16,18,21,29H,3-5,9-10,12-13,17H2,1-2H3/t18-/m0/s1. The normalized spacial score (nSPS) is 19.0. The first kappa shape index (κ1) is 21.3. The molecule has 4 aromatic rings. The number of benzene rings is 2. The number of H-pyrrole nitrogens is 1. The van der Waals surface area contributed by atoms with Crippen molar-refractivity contribution in [3.05, 3.63) is 59.5 Å². The fourth-order valence-electron chi connectivity index (χ4n) is 6.09. The van der Waals surface area contributed by atoms with Gasteiger partial charge in [-0.2, -0.15) is 0 Å². The topological polar surface area (TPSA) is 63.1 Å². The van der Waals surface area contributed by atoms with E-state index in [0.29, 0.717) is 6.04 Å². The van der Waals surface area contributed by atoms with Crippen LogP contribution < -0.4 is 4.90 Å².